The zero-order valence-electron chi connectivity index (χ0n) is 11.5. The molecule has 0 fully saturated rings. The molecule has 0 amide bonds. The number of aliphatic hydroxyl groups is 1. The van der Waals surface area contributed by atoms with E-state index in [1.807, 2.05) is 0 Å². The minimum Gasteiger partial charge on any atom is -0.389 e. The molecule has 0 aliphatic rings. The van der Waals surface area contributed by atoms with Crippen LogP contribution in [0.1, 0.15) is 6.42 Å². The van der Waals surface area contributed by atoms with Crippen LogP contribution in [0.15, 0.2) is 0 Å². The quantitative estimate of drug-likeness (QED) is 0.419. The molecule has 0 bridgehead atoms. The maximum absolute atomic E-state index is 9.55. The van der Waals surface area contributed by atoms with Crippen molar-refractivity contribution in [2.45, 2.75) is 12.5 Å². The second kappa shape index (κ2) is 14.8. The van der Waals surface area contributed by atoms with Crippen LogP contribution in [0.3, 0.4) is 0 Å². The predicted octanol–water partition coefficient (Wildman–Crippen LogP) is -0.347. The summed E-state index contributed by atoms with van der Waals surface area (Å²) < 4.78 is 20.3. The summed E-state index contributed by atoms with van der Waals surface area (Å²) in [5.41, 5.74) is 0. The van der Waals surface area contributed by atoms with Gasteiger partial charge in [-0.3, -0.25) is 0 Å². The molecule has 0 aromatic heterocycles. The zero-order valence-corrected chi connectivity index (χ0v) is 11.5. The molecule has 0 aromatic carbocycles. The van der Waals surface area contributed by atoms with Gasteiger partial charge >= 0.3 is 0 Å². The first-order chi connectivity index (χ1) is 8.81. The molecule has 110 valence electrons. The summed E-state index contributed by atoms with van der Waals surface area (Å²) in [4.78, 5) is 0. The van der Waals surface area contributed by atoms with Gasteiger partial charge in [0.1, 0.15) is 0 Å². The summed E-state index contributed by atoms with van der Waals surface area (Å²) >= 11 is 0. The Morgan fingerprint density at radius 3 is 2.39 bits per heavy atom. The Morgan fingerprint density at radius 2 is 1.67 bits per heavy atom. The Labute approximate surface area is 110 Å². The topological polar surface area (TPSA) is 69.2 Å². The maximum Gasteiger partial charge on any atom is 0.0897 e. The number of nitrogens with one attached hydrogen (secondary N) is 1. The van der Waals surface area contributed by atoms with Crippen molar-refractivity contribution in [2.24, 2.45) is 0 Å². The van der Waals surface area contributed by atoms with Crippen LogP contribution >= 0.6 is 0 Å². The fraction of sp³-hybridized carbons (Fsp3) is 1.00. The van der Waals surface area contributed by atoms with Gasteiger partial charge in [-0.25, -0.2) is 0 Å². The summed E-state index contributed by atoms with van der Waals surface area (Å²) in [6.07, 6.45) is 0.351. The molecule has 1 unspecified atom stereocenters. The van der Waals surface area contributed by atoms with Crippen molar-refractivity contribution >= 4 is 0 Å². The minimum absolute atomic E-state index is 0.345. The van der Waals surface area contributed by atoms with Gasteiger partial charge in [0.2, 0.25) is 0 Å². The highest BCUT2D eigenvalue weighted by Crippen LogP contribution is 1.89. The molecule has 0 aliphatic carbocycles. The van der Waals surface area contributed by atoms with Crippen LogP contribution in [0.4, 0.5) is 0 Å². The van der Waals surface area contributed by atoms with E-state index in [0.29, 0.717) is 46.2 Å². The van der Waals surface area contributed by atoms with Gasteiger partial charge in [0, 0.05) is 40.5 Å². The SMILES string of the molecule is COCCNCC(O)COCCCOCCOC. The first-order valence-electron chi connectivity index (χ1n) is 6.33. The third-order valence-corrected chi connectivity index (χ3v) is 2.18. The van der Waals surface area contributed by atoms with Gasteiger partial charge in [0.15, 0.2) is 0 Å². The predicted molar refractivity (Wildman–Crippen MR) is 68.9 cm³/mol. The van der Waals surface area contributed by atoms with Gasteiger partial charge in [-0.1, -0.05) is 0 Å². The molecule has 0 heterocycles. The number of aliphatic hydroxyl groups excluding tert-OH is 1. The first kappa shape index (κ1) is 17.8. The number of hydrogen-bond acceptors (Lipinski definition) is 6. The molecule has 1 atom stereocenters. The highest BCUT2D eigenvalue weighted by molar-refractivity contribution is 4.57. The Morgan fingerprint density at radius 1 is 0.944 bits per heavy atom. The zero-order chi connectivity index (χ0) is 13.5. The lowest BCUT2D eigenvalue weighted by atomic mass is 10.3. The molecule has 6 heteroatoms. The van der Waals surface area contributed by atoms with E-state index in [-0.39, 0.29) is 0 Å². The smallest absolute Gasteiger partial charge is 0.0897 e. The van der Waals surface area contributed by atoms with Crippen molar-refractivity contribution < 1.29 is 24.1 Å². The van der Waals surface area contributed by atoms with E-state index in [0.717, 1.165) is 13.0 Å². The van der Waals surface area contributed by atoms with E-state index in [1.54, 1.807) is 14.2 Å². The molecule has 0 aliphatic heterocycles. The molecule has 0 radical (unpaired) electrons. The Bertz CT molecular complexity index is 159. The molecule has 0 saturated heterocycles. The third kappa shape index (κ3) is 13.8. The van der Waals surface area contributed by atoms with Gasteiger partial charge in [-0.05, 0) is 6.42 Å². The summed E-state index contributed by atoms with van der Waals surface area (Å²) in [5.74, 6) is 0. The van der Waals surface area contributed by atoms with Crippen molar-refractivity contribution in [2.75, 3.05) is 67.0 Å². The number of methoxy groups -OCH3 is 2. The largest absolute Gasteiger partial charge is 0.389 e. The third-order valence-electron chi connectivity index (χ3n) is 2.18. The lowest BCUT2D eigenvalue weighted by molar-refractivity contribution is 0.0187. The monoisotopic (exact) mass is 265 g/mol. The van der Waals surface area contributed by atoms with E-state index in [4.69, 9.17) is 18.9 Å². The van der Waals surface area contributed by atoms with Gasteiger partial charge in [0.25, 0.3) is 0 Å². The number of rotatable bonds is 14. The van der Waals surface area contributed by atoms with E-state index >= 15 is 0 Å². The van der Waals surface area contributed by atoms with Gasteiger partial charge in [-0.2, -0.15) is 0 Å². The van der Waals surface area contributed by atoms with Crippen LogP contribution in [-0.4, -0.2) is 78.2 Å². The molecule has 2 N–H and O–H groups in total. The fourth-order valence-electron chi connectivity index (χ4n) is 1.23. The standard InChI is InChI=1S/C12H27NO5/c1-15-7-4-13-10-12(14)11-18-6-3-5-17-9-8-16-2/h12-14H,3-11H2,1-2H3. The molecule has 0 rings (SSSR count). The molecular weight excluding hydrogens is 238 g/mol. The summed E-state index contributed by atoms with van der Waals surface area (Å²) in [5, 5.41) is 12.6. The van der Waals surface area contributed by atoms with Crippen LogP contribution in [0.2, 0.25) is 0 Å². The highest BCUT2D eigenvalue weighted by Gasteiger charge is 2.02. The average molecular weight is 265 g/mol. The van der Waals surface area contributed by atoms with Gasteiger partial charge in [-0.15, -0.1) is 0 Å². The number of ether oxygens (including phenoxy) is 4. The van der Waals surface area contributed by atoms with Crippen molar-refractivity contribution in [3.05, 3.63) is 0 Å². The lowest BCUT2D eigenvalue weighted by Crippen LogP contribution is -2.32. The maximum atomic E-state index is 9.55. The van der Waals surface area contributed by atoms with Gasteiger partial charge in [0.05, 0.1) is 32.5 Å². The number of hydrogen-bond donors (Lipinski definition) is 2. The summed E-state index contributed by atoms with van der Waals surface area (Å²) in [6.45, 7) is 4.74. The van der Waals surface area contributed by atoms with E-state index in [2.05, 4.69) is 5.32 Å². The molecule has 6 nitrogen and oxygen atoms in total. The summed E-state index contributed by atoms with van der Waals surface area (Å²) in [7, 11) is 3.30. The molecule has 18 heavy (non-hydrogen) atoms. The Hall–Kier alpha value is -0.240. The first-order valence-corrected chi connectivity index (χ1v) is 6.33. The molecule has 0 aromatic rings. The van der Waals surface area contributed by atoms with Crippen LogP contribution in [0, 0.1) is 0 Å². The van der Waals surface area contributed by atoms with Crippen molar-refractivity contribution in [3.8, 4) is 0 Å². The second-order valence-corrected chi connectivity index (χ2v) is 3.88. The van der Waals surface area contributed by atoms with Crippen molar-refractivity contribution in [1.82, 2.24) is 5.32 Å². The summed E-state index contributed by atoms with van der Waals surface area (Å²) in [6, 6.07) is 0. The van der Waals surface area contributed by atoms with E-state index in [9.17, 15) is 5.11 Å². The van der Waals surface area contributed by atoms with Crippen molar-refractivity contribution in [3.63, 3.8) is 0 Å². The second-order valence-electron chi connectivity index (χ2n) is 3.88. The van der Waals surface area contributed by atoms with E-state index in [1.165, 1.54) is 0 Å². The van der Waals surface area contributed by atoms with Crippen molar-refractivity contribution in [1.29, 1.82) is 0 Å². The molecule has 0 saturated carbocycles. The fourth-order valence-corrected chi connectivity index (χ4v) is 1.23. The molecular formula is C12H27NO5. The minimum atomic E-state index is -0.476. The Balaban J connectivity index is 3.08. The van der Waals surface area contributed by atoms with Crippen LogP contribution in [0.25, 0.3) is 0 Å². The van der Waals surface area contributed by atoms with E-state index < -0.39 is 6.10 Å². The molecule has 0 spiro atoms. The Kier molecular flexibility index (Phi) is 14.6. The highest BCUT2D eigenvalue weighted by atomic mass is 16.5. The average Bonchev–Trinajstić information content (AvgIpc) is 2.38. The van der Waals surface area contributed by atoms with Crippen LogP contribution in [0.5, 0.6) is 0 Å². The lowest BCUT2D eigenvalue weighted by Gasteiger charge is -2.12. The van der Waals surface area contributed by atoms with Crippen LogP contribution in [-0.2, 0) is 18.9 Å². The normalized spacial score (nSPS) is 12.8. The van der Waals surface area contributed by atoms with Gasteiger partial charge < -0.3 is 29.4 Å². The van der Waals surface area contributed by atoms with Crippen LogP contribution < -0.4 is 5.32 Å².